The van der Waals surface area contributed by atoms with Crippen LogP contribution in [0.3, 0.4) is 0 Å². The van der Waals surface area contributed by atoms with E-state index in [0.717, 1.165) is 0 Å². The van der Waals surface area contributed by atoms with Gasteiger partial charge in [0.1, 0.15) is 18.2 Å². The lowest BCUT2D eigenvalue weighted by Crippen LogP contribution is -2.34. The zero-order chi connectivity index (χ0) is 12.1. The van der Waals surface area contributed by atoms with Crippen LogP contribution in [0.1, 0.15) is 13.8 Å². The lowest BCUT2D eigenvalue weighted by molar-refractivity contribution is -0.138. The van der Waals surface area contributed by atoms with Crippen LogP contribution in [0.5, 0.6) is 5.88 Å². The van der Waals surface area contributed by atoms with Gasteiger partial charge in [0, 0.05) is 6.07 Å². The molecule has 0 saturated heterocycles. The number of hydrogen-bond acceptors (Lipinski definition) is 5. The SMILES string of the molecule is COc1cc(NC(C(=O)O)C(C)C)ncn1. The first-order valence-corrected chi connectivity index (χ1v) is 4.90. The maximum Gasteiger partial charge on any atom is 0.326 e. The van der Waals surface area contributed by atoms with E-state index < -0.39 is 12.0 Å². The fraction of sp³-hybridized carbons (Fsp3) is 0.500. The zero-order valence-corrected chi connectivity index (χ0v) is 9.47. The molecule has 0 saturated carbocycles. The number of rotatable bonds is 5. The highest BCUT2D eigenvalue weighted by Crippen LogP contribution is 2.14. The molecule has 0 fully saturated rings. The molecule has 6 nitrogen and oxygen atoms in total. The zero-order valence-electron chi connectivity index (χ0n) is 9.47. The van der Waals surface area contributed by atoms with E-state index >= 15 is 0 Å². The van der Waals surface area contributed by atoms with Crippen molar-refractivity contribution in [3.05, 3.63) is 12.4 Å². The van der Waals surface area contributed by atoms with Gasteiger partial charge in [0.15, 0.2) is 0 Å². The van der Waals surface area contributed by atoms with Crippen LogP contribution in [0, 0.1) is 5.92 Å². The van der Waals surface area contributed by atoms with Crippen molar-refractivity contribution < 1.29 is 14.6 Å². The second-order valence-electron chi connectivity index (χ2n) is 3.65. The van der Waals surface area contributed by atoms with Gasteiger partial charge in [-0.2, -0.15) is 0 Å². The van der Waals surface area contributed by atoms with Gasteiger partial charge in [-0.1, -0.05) is 13.8 Å². The largest absolute Gasteiger partial charge is 0.481 e. The number of aromatic nitrogens is 2. The van der Waals surface area contributed by atoms with Gasteiger partial charge in [0.25, 0.3) is 0 Å². The Morgan fingerprint density at radius 1 is 1.50 bits per heavy atom. The number of nitrogens with zero attached hydrogens (tertiary/aromatic N) is 2. The number of ether oxygens (including phenoxy) is 1. The molecule has 0 aliphatic heterocycles. The molecule has 6 heteroatoms. The molecular formula is C10H15N3O3. The van der Waals surface area contributed by atoms with E-state index in [9.17, 15) is 4.79 Å². The van der Waals surface area contributed by atoms with Crippen molar-refractivity contribution in [2.45, 2.75) is 19.9 Å². The van der Waals surface area contributed by atoms with Gasteiger partial charge in [0.05, 0.1) is 7.11 Å². The van der Waals surface area contributed by atoms with E-state index in [4.69, 9.17) is 9.84 Å². The molecule has 2 N–H and O–H groups in total. The predicted molar refractivity (Wildman–Crippen MR) is 58.5 cm³/mol. The van der Waals surface area contributed by atoms with Gasteiger partial charge >= 0.3 is 5.97 Å². The monoisotopic (exact) mass is 225 g/mol. The summed E-state index contributed by atoms with van der Waals surface area (Å²) in [5.41, 5.74) is 0. The number of carboxylic acid groups (broad SMARTS) is 1. The summed E-state index contributed by atoms with van der Waals surface area (Å²) < 4.78 is 4.92. The Balaban J connectivity index is 2.81. The number of anilines is 1. The minimum Gasteiger partial charge on any atom is -0.481 e. The molecule has 0 bridgehead atoms. The fourth-order valence-electron chi connectivity index (χ4n) is 1.20. The second-order valence-corrected chi connectivity index (χ2v) is 3.65. The van der Waals surface area contributed by atoms with Gasteiger partial charge < -0.3 is 15.2 Å². The van der Waals surface area contributed by atoms with Crippen LogP contribution in [-0.4, -0.2) is 34.2 Å². The first-order chi connectivity index (χ1) is 7.54. The lowest BCUT2D eigenvalue weighted by Gasteiger charge is -2.18. The molecule has 0 aliphatic rings. The molecule has 0 aliphatic carbocycles. The fourth-order valence-corrected chi connectivity index (χ4v) is 1.20. The Labute approximate surface area is 93.7 Å². The summed E-state index contributed by atoms with van der Waals surface area (Å²) in [6, 6.07) is 0.873. The van der Waals surface area contributed by atoms with E-state index in [1.165, 1.54) is 13.4 Å². The van der Waals surface area contributed by atoms with Crippen molar-refractivity contribution >= 4 is 11.8 Å². The van der Waals surface area contributed by atoms with Crippen molar-refractivity contribution in [2.75, 3.05) is 12.4 Å². The van der Waals surface area contributed by atoms with Crippen molar-refractivity contribution in [3.63, 3.8) is 0 Å². The summed E-state index contributed by atoms with van der Waals surface area (Å²) in [6.45, 7) is 3.65. The van der Waals surface area contributed by atoms with Crippen molar-refractivity contribution in [1.82, 2.24) is 9.97 Å². The first kappa shape index (κ1) is 12.2. The maximum atomic E-state index is 11.0. The van der Waals surface area contributed by atoms with E-state index in [2.05, 4.69) is 15.3 Å². The third-order valence-electron chi connectivity index (χ3n) is 2.09. The number of carboxylic acids is 1. The number of carbonyl (C=O) groups is 1. The van der Waals surface area contributed by atoms with Crippen LogP contribution >= 0.6 is 0 Å². The minimum absolute atomic E-state index is 0.0431. The van der Waals surface area contributed by atoms with Crippen molar-refractivity contribution in [3.8, 4) is 5.88 Å². The molecule has 1 unspecified atom stereocenters. The Kier molecular flexibility index (Phi) is 4.04. The van der Waals surface area contributed by atoms with E-state index in [1.807, 2.05) is 13.8 Å². The van der Waals surface area contributed by atoms with Crippen LogP contribution < -0.4 is 10.1 Å². The van der Waals surface area contributed by atoms with Gasteiger partial charge in [-0.15, -0.1) is 0 Å². The molecule has 16 heavy (non-hydrogen) atoms. The number of nitrogens with one attached hydrogen (secondary N) is 1. The Morgan fingerprint density at radius 3 is 2.69 bits per heavy atom. The summed E-state index contributed by atoms with van der Waals surface area (Å²) in [5, 5.41) is 11.8. The van der Waals surface area contributed by atoms with Gasteiger partial charge in [-0.25, -0.2) is 14.8 Å². The lowest BCUT2D eigenvalue weighted by atomic mass is 10.1. The molecule has 1 heterocycles. The van der Waals surface area contributed by atoms with Gasteiger partial charge in [0.2, 0.25) is 5.88 Å². The van der Waals surface area contributed by atoms with E-state index in [0.29, 0.717) is 11.7 Å². The molecule has 88 valence electrons. The van der Waals surface area contributed by atoms with Crippen LogP contribution in [-0.2, 0) is 4.79 Å². The molecule has 1 aromatic rings. The molecule has 1 rings (SSSR count). The Morgan fingerprint density at radius 2 is 2.19 bits per heavy atom. The van der Waals surface area contributed by atoms with Crippen molar-refractivity contribution in [2.24, 2.45) is 5.92 Å². The average Bonchev–Trinajstić information content (AvgIpc) is 2.25. The summed E-state index contributed by atoms with van der Waals surface area (Å²) >= 11 is 0. The molecular weight excluding hydrogens is 210 g/mol. The topological polar surface area (TPSA) is 84.3 Å². The molecule has 0 spiro atoms. The van der Waals surface area contributed by atoms with Crippen LogP contribution in [0.2, 0.25) is 0 Å². The highest BCUT2D eigenvalue weighted by Gasteiger charge is 2.21. The molecule has 1 atom stereocenters. The van der Waals surface area contributed by atoms with Gasteiger partial charge in [-0.05, 0) is 5.92 Å². The Hall–Kier alpha value is -1.85. The highest BCUT2D eigenvalue weighted by atomic mass is 16.5. The van der Waals surface area contributed by atoms with E-state index in [1.54, 1.807) is 6.07 Å². The first-order valence-electron chi connectivity index (χ1n) is 4.90. The maximum absolute atomic E-state index is 11.0. The quantitative estimate of drug-likeness (QED) is 0.777. The third kappa shape index (κ3) is 3.08. The highest BCUT2D eigenvalue weighted by molar-refractivity contribution is 5.77. The van der Waals surface area contributed by atoms with E-state index in [-0.39, 0.29) is 5.92 Å². The average molecular weight is 225 g/mol. The third-order valence-corrected chi connectivity index (χ3v) is 2.09. The standard InChI is InChI=1S/C10H15N3O3/c1-6(2)9(10(14)15)13-7-4-8(16-3)12-5-11-7/h4-6,9H,1-3H3,(H,14,15)(H,11,12,13). The number of hydrogen-bond donors (Lipinski definition) is 2. The van der Waals surface area contributed by atoms with Crippen molar-refractivity contribution in [1.29, 1.82) is 0 Å². The Bertz CT molecular complexity index is 368. The summed E-state index contributed by atoms with van der Waals surface area (Å²) in [4.78, 5) is 18.7. The van der Waals surface area contributed by atoms with Crippen LogP contribution in [0.15, 0.2) is 12.4 Å². The second kappa shape index (κ2) is 5.29. The summed E-state index contributed by atoms with van der Waals surface area (Å²) in [5.74, 6) is -0.121. The molecule has 0 aromatic carbocycles. The normalized spacial score (nSPS) is 12.2. The minimum atomic E-state index is -0.910. The molecule has 1 aromatic heterocycles. The molecule has 0 amide bonds. The molecule has 0 radical (unpaired) electrons. The number of methoxy groups -OCH3 is 1. The summed E-state index contributed by atoms with van der Waals surface area (Å²) in [7, 11) is 1.49. The summed E-state index contributed by atoms with van der Waals surface area (Å²) in [6.07, 6.45) is 1.32. The predicted octanol–water partition coefficient (Wildman–Crippen LogP) is 1.01. The van der Waals surface area contributed by atoms with Crippen LogP contribution in [0.4, 0.5) is 5.82 Å². The van der Waals surface area contributed by atoms with Crippen LogP contribution in [0.25, 0.3) is 0 Å². The van der Waals surface area contributed by atoms with Gasteiger partial charge in [-0.3, -0.25) is 0 Å². The smallest absolute Gasteiger partial charge is 0.326 e. The number of aliphatic carboxylic acids is 1.